The molecule has 0 aromatic carbocycles. The van der Waals surface area contributed by atoms with Crippen LogP contribution < -0.4 is 5.73 Å². The van der Waals surface area contributed by atoms with Gasteiger partial charge in [0, 0.05) is 6.04 Å². The number of terminal acetylenes is 1. The molecule has 3 rings (SSSR count). The summed E-state index contributed by atoms with van der Waals surface area (Å²) in [6, 6.07) is -0.140. The van der Waals surface area contributed by atoms with Crippen molar-refractivity contribution >= 4 is 28.6 Å². The quantitative estimate of drug-likeness (QED) is 0.546. The number of rotatable bonds is 2. The lowest BCUT2D eigenvalue weighted by Gasteiger charge is -2.23. The third-order valence-electron chi connectivity index (χ3n) is 4.12. The van der Waals surface area contributed by atoms with Crippen LogP contribution in [0.25, 0.3) is 11.2 Å². The summed E-state index contributed by atoms with van der Waals surface area (Å²) < 4.78 is 1.78. The van der Waals surface area contributed by atoms with E-state index in [0.717, 1.165) is 0 Å². The molecule has 1 aliphatic carbocycles. The van der Waals surface area contributed by atoms with Crippen LogP contribution in [0, 0.1) is 17.8 Å². The largest absolute Gasteiger partial charge is 0.395 e. The van der Waals surface area contributed by atoms with Gasteiger partial charge in [0.2, 0.25) is 5.28 Å². The lowest BCUT2D eigenvalue weighted by atomic mass is 9.86. The molecule has 0 radical (unpaired) electrons. The van der Waals surface area contributed by atoms with Crippen molar-refractivity contribution in [2.45, 2.75) is 25.0 Å². The zero-order valence-corrected chi connectivity index (χ0v) is 11.8. The van der Waals surface area contributed by atoms with E-state index < -0.39 is 11.5 Å². The molecule has 1 aliphatic rings. The number of hydrogen-bond donors (Lipinski definition) is 3. The first kappa shape index (κ1) is 14.1. The van der Waals surface area contributed by atoms with Crippen LogP contribution in [0.2, 0.25) is 5.28 Å². The monoisotopic (exact) mass is 307 g/mol. The highest BCUT2D eigenvalue weighted by molar-refractivity contribution is 6.28. The van der Waals surface area contributed by atoms with Crippen LogP contribution in [-0.4, -0.2) is 42.4 Å². The number of halogens is 1. The molecular formula is C13H14ClN5O2. The summed E-state index contributed by atoms with van der Waals surface area (Å²) in [6.45, 7) is -0.272. The van der Waals surface area contributed by atoms with Crippen molar-refractivity contribution in [1.29, 1.82) is 0 Å². The van der Waals surface area contributed by atoms with E-state index in [1.165, 1.54) is 0 Å². The maximum atomic E-state index is 10.2. The second-order valence-corrected chi connectivity index (χ2v) is 5.61. The van der Waals surface area contributed by atoms with Gasteiger partial charge in [0.05, 0.1) is 24.5 Å². The molecule has 3 unspecified atom stereocenters. The summed E-state index contributed by atoms with van der Waals surface area (Å²) in [5, 5.41) is 19.7. The Morgan fingerprint density at radius 3 is 2.95 bits per heavy atom. The topological polar surface area (TPSA) is 110 Å². The molecule has 0 bridgehead atoms. The van der Waals surface area contributed by atoms with Gasteiger partial charge in [-0.15, -0.1) is 6.42 Å². The van der Waals surface area contributed by atoms with Gasteiger partial charge in [0.1, 0.15) is 5.52 Å². The van der Waals surface area contributed by atoms with Gasteiger partial charge in [-0.3, -0.25) is 0 Å². The zero-order chi connectivity index (χ0) is 15.2. The third kappa shape index (κ3) is 2.03. The third-order valence-corrected chi connectivity index (χ3v) is 4.29. The Labute approximate surface area is 125 Å². The van der Waals surface area contributed by atoms with Gasteiger partial charge in [0.25, 0.3) is 0 Å². The average molecular weight is 308 g/mol. The fourth-order valence-electron chi connectivity index (χ4n) is 2.88. The lowest BCUT2D eigenvalue weighted by molar-refractivity contribution is 0.0475. The van der Waals surface area contributed by atoms with Crippen molar-refractivity contribution in [3.63, 3.8) is 0 Å². The minimum Gasteiger partial charge on any atom is -0.395 e. The number of imidazole rings is 1. The summed E-state index contributed by atoms with van der Waals surface area (Å²) >= 11 is 5.83. The van der Waals surface area contributed by atoms with Crippen LogP contribution in [-0.2, 0) is 0 Å². The van der Waals surface area contributed by atoms with E-state index in [1.807, 2.05) is 0 Å². The number of aliphatic hydroxyl groups excluding tert-OH is 2. The van der Waals surface area contributed by atoms with Crippen molar-refractivity contribution in [2.75, 3.05) is 12.3 Å². The molecule has 0 spiro atoms. The molecule has 0 aliphatic heterocycles. The number of hydrogen-bond acceptors (Lipinski definition) is 6. The molecule has 2 aromatic rings. The number of aliphatic hydroxyl groups is 2. The predicted octanol–water partition coefficient (Wildman–Crippen LogP) is 0.370. The minimum absolute atomic E-state index is 0.0330. The van der Waals surface area contributed by atoms with Gasteiger partial charge in [-0.1, -0.05) is 5.92 Å². The number of anilines is 1. The molecule has 3 atom stereocenters. The molecule has 8 heteroatoms. The average Bonchev–Trinajstić information content (AvgIpc) is 3.00. The van der Waals surface area contributed by atoms with Crippen molar-refractivity contribution in [1.82, 2.24) is 19.5 Å². The van der Waals surface area contributed by atoms with E-state index in [9.17, 15) is 10.2 Å². The Hall–Kier alpha value is -1.88. The summed E-state index contributed by atoms with van der Waals surface area (Å²) in [5.74, 6) is 2.72. The van der Waals surface area contributed by atoms with Gasteiger partial charge in [-0.25, -0.2) is 4.98 Å². The summed E-state index contributed by atoms with van der Waals surface area (Å²) in [7, 11) is 0. The van der Waals surface area contributed by atoms with Crippen molar-refractivity contribution in [3.05, 3.63) is 11.6 Å². The number of aromatic nitrogens is 4. The van der Waals surface area contributed by atoms with Crippen molar-refractivity contribution < 1.29 is 10.2 Å². The Morgan fingerprint density at radius 1 is 1.57 bits per heavy atom. The second kappa shape index (κ2) is 4.84. The highest BCUT2D eigenvalue weighted by Crippen LogP contribution is 2.44. The highest BCUT2D eigenvalue weighted by atomic mass is 35.5. The molecule has 2 aromatic heterocycles. The Bertz CT molecular complexity index is 740. The molecule has 110 valence electrons. The van der Waals surface area contributed by atoms with Gasteiger partial charge in [-0.2, -0.15) is 9.97 Å². The molecule has 1 saturated carbocycles. The van der Waals surface area contributed by atoms with E-state index >= 15 is 0 Å². The molecule has 1 fully saturated rings. The van der Waals surface area contributed by atoms with Gasteiger partial charge >= 0.3 is 0 Å². The Kier molecular flexibility index (Phi) is 3.24. The lowest BCUT2D eigenvalue weighted by Crippen LogP contribution is -2.31. The van der Waals surface area contributed by atoms with Crippen LogP contribution in [0.1, 0.15) is 18.9 Å². The standard InChI is InChI=1S/C13H14ClN5O2/c1-2-13(5-20)4-7(3-8(13)21)19-6-16-9-10(15)17-12(14)18-11(9)19/h1,6-8,20-21H,3-5H2,(H2,15,17,18). The first-order chi connectivity index (χ1) is 10.0. The first-order valence-electron chi connectivity index (χ1n) is 6.43. The van der Waals surface area contributed by atoms with Gasteiger partial charge in [0.15, 0.2) is 11.5 Å². The molecule has 0 amide bonds. The molecule has 21 heavy (non-hydrogen) atoms. The normalized spacial score (nSPS) is 28.9. The number of nitrogens with zero attached hydrogens (tertiary/aromatic N) is 4. The van der Waals surface area contributed by atoms with Crippen molar-refractivity contribution in [2.24, 2.45) is 5.41 Å². The minimum atomic E-state index is -0.941. The summed E-state index contributed by atoms with van der Waals surface area (Å²) in [4.78, 5) is 12.2. The zero-order valence-electron chi connectivity index (χ0n) is 11.1. The number of nitrogens with two attached hydrogens (primary N) is 1. The second-order valence-electron chi connectivity index (χ2n) is 5.27. The number of fused-ring (bicyclic) bond motifs is 1. The molecule has 7 nitrogen and oxygen atoms in total. The highest BCUT2D eigenvalue weighted by Gasteiger charge is 2.46. The maximum absolute atomic E-state index is 10.2. The van der Waals surface area contributed by atoms with Gasteiger partial charge in [-0.05, 0) is 24.4 Å². The van der Waals surface area contributed by atoms with Crippen LogP contribution in [0.15, 0.2) is 6.33 Å². The first-order valence-corrected chi connectivity index (χ1v) is 6.81. The van der Waals surface area contributed by atoms with Crippen LogP contribution in [0.3, 0.4) is 0 Å². The molecule has 2 heterocycles. The maximum Gasteiger partial charge on any atom is 0.226 e. The predicted molar refractivity (Wildman–Crippen MR) is 77.4 cm³/mol. The fraction of sp³-hybridized carbons (Fsp3) is 0.462. The van der Waals surface area contributed by atoms with Crippen LogP contribution >= 0.6 is 11.6 Å². The van der Waals surface area contributed by atoms with E-state index in [2.05, 4.69) is 20.9 Å². The van der Waals surface area contributed by atoms with Gasteiger partial charge < -0.3 is 20.5 Å². The number of nitrogen functional groups attached to an aromatic ring is 1. The molecular weight excluding hydrogens is 294 g/mol. The van der Waals surface area contributed by atoms with Crippen molar-refractivity contribution in [3.8, 4) is 12.3 Å². The molecule has 4 N–H and O–H groups in total. The SMILES string of the molecule is C#CC1(CO)CC(n2cnc3c(N)nc(Cl)nc32)CC1O. The van der Waals surface area contributed by atoms with E-state index in [1.54, 1.807) is 10.9 Å². The summed E-state index contributed by atoms with van der Waals surface area (Å²) in [6.07, 6.45) is 7.10. The fourth-order valence-corrected chi connectivity index (χ4v) is 3.05. The smallest absolute Gasteiger partial charge is 0.226 e. The van der Waals surface area contributed by atoms with E-state index in [-0.39, 0.29) is 23.8 Å². The van der Waals surface area contributed by atoms with Crippen LogP contribution in [0.5, 0.6) is 0 Å². The summed E-state index contributed by atoms with van der Waals surface area (Å²) in [5.41, 5.74) is 5.78. The Morgan fingerprint density at radius 2 is 2.33 bits per heavy atom. The Balaban J connectivity index is 2.05. The van der Waals surface area contributed by atoms with E-state index in [4.69, 9.17) is 23.8 Å². The van der Waals surface area contributed by atoms with E-state index in [0.29, 0.717) is 24.0 Å². The molecule has 0 saturated heterocycles. The van der Waals surface area contributed by atoms with Crippen LogP contribution in [0.4, 0.5) is 5.82 Å².